The number of halogens is 2. The van der Waals surface area contributed by atoms with Crippen LogP contribution in [-0.4, -0.2) is 27.1 Å². The molecule has 0 aliphatic heterocycles. The van der Waals surface area contributed by atoms with Crippen molar-refractivity contribution >= 4 is 44.8 Å². The number of hydrogen-bond acceptors (Lipinski definition) is 3. The van der Waals surface area contributed by atoms with Crippen LogP contribution in [0.25, 0.3) is 0 Å². The Hall–Kier alpha value is -2.54. The second-order valence-electron chi connectivity index (χ2n) is 7.17. The summed E-state index contributed by atoms with van der Waals surface area (Å²) in [7, 11) is -3.79. The summed E-state index contributed by atoms with van der Waals surface area (Å²) in [5.41, 5.74) is 2.98. The van der Waals surface area contributed by atoms with Crippen LogP contribution in [0.1, 0.15) is 22.7 Å². The second-order valence-corrected chi connectivity index (χ2v) is 9.86. The molecule has 0 aliphatic carbocycles. The fourth-order valence-corrected chi connectivity index (χ4v) is 4.57. The van der Waals surface area contributed by atoms with Gasteiger partial charge < -0.3 is 5.32 Å². The van der Waals surface area contributed by atoms with Crippen LogP contribution in [0.5, 0.6) is 0 Å². The summed E-state index contributed by atoms with van der Waals surface area (Å²) in [6, 6.07) is 21.5. The van der Waals surface area contributed by atoms with E-state index in [-0.39, 0.29) is 15.7 Å². The van der Waals surface area contributed by atoms with Crippen LogP contribution in [-0.2, 0) is 14.8 Å². The summed E-state index contributed by atoms with van der Waals surface area (Å²) in [5, 5.41) is 3.24. The summed E-state index contributed by atoms with van der Waals surface area (Å²) < 4.78 is 25.8. The molecule has 0 saturated carbocycles. The van der Waals surface area contributed by atoms with Gasteiger partial charge in [-0.05, 0) is 30.2 Å². The molecule has 0 bridgehead atoms. The number of rotatable bonds is 7. The molecule has 8 heteroatoms. The maximum atomic E-state index is 13.0. The molecule has 0 aromatic heterocycles. The van der Waals surface area contributed by atoms with Crippen LogP contribution in [0, 0.1) is 6.92 Å². The highest BCUT2D eigenvalue weighted by Crippen LogP contribution is 2.33. The molecule has 0 heterocycles. The van der Waals surface area contributed by atoms with Gasteiger partial charge in [0.1, 0.15) is 6.54 Å². The highest BCUT2D eigenvalue weighted by molar-refractivity contribution is 7.92. The highest BCUT2D eigenvalue weighted by atomic mass is 35.5. The van der Waals surface area contributed by atoms with E-state index < -0.39 is 28.5 Å². The zero-order valence-corrected chi connectivity index (χ0v) is 19.4. The lowest BCUT2D eigenvalue weighted by molar-refractivity contribution is -0.120. The summed E-state index contributed by atoms with van der Waals surface area (Å²) in [6.07, 6.45) is 1.02. The van der Waals surface area contributed by atoms with Gasteiger partial charge in [-0.25, -0.2) is 8.42 Å². The number of nitrogens with one attached hydrogen (secondary N) is 1. The first kappa shape index (κ1) is 23.1. The van der Waals surface area contributed by atoms with E-state index >= 15 is 0 Å². The Kier molecular flexibility index (Phi) is 7.26. The number of carbonyl (C=O) groups is 1. The molecule has 162 valence electrons. The maximum Gasteiger partial charge on any atom is 0.241 e. The molecule has 0 spiro atoms. The van der Waals surface area contributed by atoms with Gasteiger partial charge in [-0.3, -0.25) is 9.10 Å². The molecule has 0 radical (unpaired) electrons. The molecule has 3 aromatic rings. The Morgan fingerprint density at radius 1 is 0.968 bits per heavy atom. The summed E-state index contributed by atoms with van der Waals surface area (Å²) in [4.78, 5) is 13.0. The van der Waals surface area contributed by atoms with Crippen molar-refractivity contribution < 1.29 is 13.2 Å². The van der Waals surface area contributed by atoms with Gasteiger partial charge in [0.15, 0.2) is 0 Å². The van der Waals surface area contributed by atoms with Crippen LogP contribution in [0.3, 0.4) is 0 Å². The minimum atomic E-state index is -3.79. The van der Waals surface area contributed by atoms with Crippen LogP contribution in [0.4, 0.5) is 5.69 Å². The lowest BCUT2D eigenvalue weighted by atomic mass is 9.97. The Bertz CT molecular complexity index is 1180. The third-order valence-electron chi connectivity index (χ3n) is 4.70. The molecule has 5 nitrogen and oxygen atoms in total. The van der Waals surface area contributed by atoms with Crippen LogP contribution in [0.15, 0.2) is 72.8 Å². The first-order valence-electron chi connectivity index (χ1n) is 9.49. The molecule has 1 amide bonds. The highest BCUT2D eigenvalue weighted by Gasteiger charge is 2.26. The molecule has 3 aromatic carbocycles. The molecule has 1 N–H and O–H groups in total. The molecule has 3 rings (SSSR count). The minimum absolute atomic E-state index is 0.0701. The largest absolute Gasteiger partial charge is 0.344 e. The zero-order chi connectivity index (χ0) is 22.6. The second kappa shape index (κ2) is 9.73. The zero-order valence-electron chi connectivity index (χ0n) is 17.0. The molecule has 0 aliphatic rings. The number of anilines is 1. The van der Waals surface area contributed by atoms with E-state index in [0.29, 0.717) is 0 Å². The normalized spacial score (nSPS) is 12.3. The van der Waals surface area contributed by atoms with Crippen LogP contribution in [0.2, 0.25) is 10.0 Å². The predicted octanol–water partition coefficient (Wildman–Crippen LogP) is 4.97. The predicted molar refractivity (Wildman–Crippen MR) is 126 cm³/mol. The molecule has 31 heavy (non-hydrogen) atoms. The van der Waals surface area contributed by atoms with E-state index in [1.165, 1.54) is 6.07 Å². The third-order valence-corrected chi connectivity index (χ3v) is 6.64. The minimum Gasteiger partial charge on any atom is -0.344 e. The first-order chi connectivity index (χ1) is 14.7. The number of amides is 1. The average molecular weight is 477 g/mol. The van der Waals surface area contributed by atoms with E-state index in [1.54, 1.807) is 12.1 Å². The fourth-order valence-electron chi connectivity index (χ4n) is 3.26. The standard InChI is InChI=1S/C23H22Cl2N2O3S/c1-16-8-6-11-18(14-16)23(17-9-4-3-5-10-17)26-21(28)15-27(31(2,29)30)20-13-7-12-19(24)22(20)25/h3-14,23H,15H2,1-2H3,(H,26,28). The van der Waals surface area contributed by atoms with E-state index in [4.69, 9.17) is 23.2 Å². The number of aryl methyl sites for hydroxylation is 1. The molecule has 1 atom stereocenters. The van der Waals surface area contributed by atoms with Gasteiger partial charge in [-0.1, -0.05) is 89.4 Å². The lowest BCUT2D eigenvalue weighted by Crippen LogP contribution is -2.42. The molecular weight excluding hydrogens is 455 g/mol. The van der Waals surface area contributed by atoms with E-state index in [2.05, 4.69) is 5.32 Å². The Balaban J connectivity index is 1.93. The number of nitrogens with zero attached hydrogens (tertiary/aromatic N) is 1. The number of hydrogen-bond donors (Lipinski definition) is 1. The van der Waals surface area contributed by atoms with Gasteiger partial charge >= 0.3 is 0 Å². The van der Waals surface area contributed by atoms with Crippen molar-refractivity contribution in [3.63, 3.8) is 0 Å². The molecule has 1 unspecified atom stereocenters. The number of benzene rings is 3. The van der Waals surface area contributed by atoms with Gasteiger partial charge in [0.25, 0.3) is 0 Å². The van der Waals surface area contributed by atoms with Crippen molar-refractivity contribution in [3.8, 4) is 0 Å². The smallest absolute Gasteiger partial charge is 0.241 e. The lowest BCUT2D eigenvalue weighted by Gasteiger charge is -2.25. The number of sulfonamides is 1. The van der Waals surface area contributed by atoms with Gasteiger partial charge in [0.05, 0.1) is 28.0 Å². The average Bonchev–Trinajstić information content (AvgIpc) is 2.72. The van der Waals surface area contributed by atoms with E-state index in [0.717, 1.165) is 27.3 Å². The van der Waals surface area contributed by atoms with Crippen molar-refractivity contribution in [2.45, 2.75) is 13.0 Å². The van der Waals surface area contributed by atoms with Gasteiger partial charge in [-0.15, -0.1) is 0 Å². The SMILES string of the molecule is Cc1cccc(C(NC(=O)CN(c2cccc(Cl)c2Cl)S(C)(=O)=O)c2ccccc2)c1. The monoisotopic (exact) mass is 476 g/mol. The quantitative estimate of drug-likeness (QED) is 0.523. The van der Waals surface area contributed by atoms with Gasteiger partial charge in [-0.2, -0.15) is 0 Å². The van der Waals surface area contributed by atoms with Gasteiger partial charge in [0.2, 0.25) is 15.9 Å². The van der Waals surface area contributed by atoms with E-state index in [1.807, 2.05) is 61.5 Å². The molecular formula is C23H22Cl2N2O3S. The van der Waals surface area contributed by atoms with Crippen molar-refractivity contribution in [3.05, 3.63) is 99.5 Å². The third kappa shape index (κ3) is 5.79. The van der Waals surface area contributed by atoms with Crippen molar-refractivity contribution in [1.82, 2.24) is 5.32 Å². The fraction of sp³-hybridized carbons (Fsp3) is 0.174. The summed E-state index contributed by atoms with van der Waals surface area (Å²) >= 11 is 12.3. The Morgan fingerprint density at radius 3 is 2.26 bits per heavy atom. The van der Waals surface area contributed by atoms with Crippen LogP contribution >= 0.6 is 23.2 Å². The van der Waals surface area contributed by atoms with Crippen LogP contribution < -0.4 is 9.62 Å². The number of carbonyl (C=O) groups excluding carboxylic acids is 1. The van der Waals surface area contributed by atoms with E-state index in [9.17, 15) is 13.2 Å². The Morgan fingerprint density at radius 2 is 1.61 bits per heavy atom. The molecule has 0 fully saturated rings. The summed E-state index contributed by atoms with van der Waals surface area (Å²) in [5.74, 6) is -0.475. The molecule has 0 saturated heterocycles. The van der Waals surface area contributed by atoms with Crippen molar-refractivity contribution in [1.29, 1.82) is 0 Å². The van der Waals surface area contributed by atoms with Crippen molar-refractivity contribution in [2.75, 3.05) is 17.1 Å². The topological polar surface area (TPSA) is 66.5 Å². The maximum absolute atomic E-state index is 13.0. The van der Waals surface area contributed by atoms with Crippen molar-refractivity contribution in [2.24, 2.45) is 0 Å². The summed E-state index contributed by atoms with van der Waals surface area (Å²) in [6.45, 7) is 1.54. The first-order valence-corrected chi connectivity index (χ1v) is 12.1. The Labute approximate surface area is 192 Å². The van der Waals surface area contributed by atoms with Gasteiger partial charge in [0, 0.05) is 0 Å².